The molecule has 2 aromatic rings. The van der Waals surface area contributed by atoms with E-state index < -0.39 is 4.92 Å². The number of likely N-dealkylation sites (N-methyl/N-ethyl adjacent to an activating group) is 1. The normalized spacial score (nSPS) is 15.5. The molecule has 1 aromatic carbocycles. The van der Waals surface area contributed by atoms with Crippen molar-refractivity contribution >= 4 is 17.7 Å². The molecule has 0 bridgehead atoms. The first kappa shape index (κ1) is 20.7. The van der Waals surface area contributed by atoms with Gasteiger partial charge in [-0.05, 0) is 48.7 Å². The van der Waals surface area contributed by atoms with Crippen molar-refractivity contribution < 1.29 is 9.72 Å². The molecular weight excluding hydrogens is 368 g/mol. The minimum absolute atomic E-state index is 0.0420. The number of pyridine rings is 1. The minimum atomic E-state index is -0.435. The van der Waals surface area contributed by atoms with Gasteiger partial charge in [-0.3, -0.25) is 19.9 Å². The highest BCUT2D eigenvalue weighted by molar-refractivity contribution is 5.91. The van der Waals surface area contributed by atoms with Crippen molar-refractivity contribution in [2.24, 2.45) is 0 Å². The zero-order chi connectivity index (χ0) is 20.6. The van der Waals surface area contributed by atoms with Gasteiger partial charge in [0, 0.05) is 69.2 Å². The van der Waals surface area contributed by atoms with Gasteiger partial charge in [0.05, 0.1) is 4.92 Å². The first-order valence-corrected chi connectivity index (χ1v) is 9.84. The summed E-state index contributed by atoms with van der Waals surface area (Å²) in [6.07, 6.45) is 7.91. The lowest BCUT2D eigenvalue weighted by atomic mass is 10.0. The number of nitrogens with zero attached hydrogens (tertiary/aromatic N) is 4. The molecule has 0 aliphatic carbocycles. The van der Waals surface area contributed by atoms with Crippen molar-refractivity contribution in [3.63, 3.8) is 0 Å². The van der Waals surface area contributed by atoms with Crippen LogP contribution >= 0.6 is 0 Å². The zero-order valence-electron chi connectivity index (χ0n) is 16.6. The smallest absolute Gasteiger partial charge is 0.269 e. The first-order valence-electron chi connectivity index (χ1n) is 9.84. The van der Waals surface area contributed by atoms with Crippen molar-refractivity contribution in [1.82, 2.24) is 14.8 Å². The minimum Gasteiger partial charge on any atom is -0.339 e. The van der Waals surface area contributed by atoms with Crippen LogP contribution in [0.3, 0.4) is 0 Å². The standard InChI is InChI=1S/C22H26N4O3/c1-24(22(27)10-7-18-5-8-21(9-6-18)26(28)29)20-12-16-25(17-13-20)15-11-19-4-2-3-14-23-19/h2-10,14,20H,11-13,15-17H2,1H3/b10-7+. The highest BCUT2D eigenvalue weighted by atomic mass is 16.6. The van der Waals surface area contributed by atoms with E-state index in [1.807, 2.05) is 25.4 Å². The summed E-state index contributed by atoms with van der Waals surface area (Å²) in [4.78, 5) is 31.4. The molecule has 7 heteroatoms. The Kier molecular flexibility index (Phi) is 7.08. The SMILES string of the molecule is CN(C(=O)/C=C/c1ccc([N+](=O)[O-])cc1)C1CCN(CCc2ccccn2)CC1. The molecule has 0 N–H and O–H groups in total. The quantitative estimate of drug-likeness (QED) is 0.409. The van der Waals surface area contributed by atoms with E-state index in [0.29, 0.717) is 0 Å². The number of nitro groups is 1. The number of aromatic nitrogens is 1. The number of carbonyl (C=O) groups is 1. The summed E-state index contributed by atoms with van der Waals surface area (Å²) in [5, 5.41) is 10.7. The Hall–Kier alpha value is -3.06. The second kappa shape index (κ2) is 9.93. The van der Waals surface area contributed by atoms with Crippen LogP contribution in [-0.4, -0.2) is 58.3 Å². The number of benzene rings is 1. The van der Waals surface area contributed by atoms with Gasteiger partial charge in [0.25, 0.3) is 5.69 Å². The van der Waals surface area contributed by atoms with Gasteiger partial charge >= 0.3 is 0 Å². The molecule has 3 rings (SSSR count). The van der Waals surface area contributed by atoms with Gasteiger partial charge < -0.3 is 9.80 Å². The number of non-ortho nitro benzene ring substituents is 1. The highest BCUT2D eigenvalue weighted by Crippen LogP contribution is 2.17. The highest BCUT2D eigenvalue weighted by Gasteiger charge is 2.24. The summed E-state index contributed by atoms with van der Waals surface area (Å²) in [6.45, 7) is 2.93. The number of likely N-dealkylation sites (tertiary alicyclic amines) is 1. The number of piperidine rings is 1. The van der Waals surface area contributed by atoms with Crippen LogP contribution < -0.4 is 0 Å². The summed E-state index contributed by atoms with van der Waals surface area (Å²) in [5.41, 5.74) is 1.92. The predicted octanol–water partition coefficient (Wildman–Crippen LogP) is 3.17. The Morgan fingerprint density at radius 2 is 1.97 bits per heavy atom. The second-order valence-corrected chi connectivity index (χ2v) is 7.28. The van der Waals surface area contributed by atoms with Gasteiger partial charge in [-0.1, -0.05) is 6.07 Å². The van der Waals surface area contributed by atoms with E-state index in [-0.39, 0.29) is 17.6 Å². The number of carbonyl (C=O) groups excluding carboxylic acids is 1. The molecule has 0 atom stereocenters. The van der Waals surface area contributed by atoms with E-state index in [0.717, 1.165) is 50.2 Å². The maximum atomic E-state index is 12.5. The largest absolute Gasteiger partial charge is 0.339 e. The monoisotopic (exact) mass is 394 g/mol. The molecule has 1 amide bonds. The van der Waals surface area contributed by atoms with Crippen molar-refractivity contribution in [2.45, 2.75) is 25.3 Å². The van der Waals surface area contributed by atoms with E-state index in [1.54, 1.807) is 23.1 Å². The molecule has 1 aromatic heterocycles. The topological polar surface area (TPSA) is 79.6 Å². The number of hydrogen-bond acceptors (Lipinski definition) is 5. The van der Waals surface area contributed by atoms with Crippen LogP contribution in [0.25, 0.3) is 6.08 Å². The summed E-state index contributed by atoms with van der Waals surface area (Å²) in [7, 11) is 1.84. The second-order valence-electron chi connectivity index (χ2n) is 7.28. The van der Waals surface area contributed by atoms with Crippen LogP contribution in [0.5, 0.6) is 0 Å². The van der Waals surface area contributed by atoms with Crippen LogP contribution in [0, 0.1) is 10.1 Å². The Morgan fingerprint density at radius 1 is 1.24 bits per heavy atom. The molecule has 1 saturated heterocycles. The summed E-state index contributed by atoms with van der Waals surface area (Å²) in [6, 6.07) is 12.4. The molecule has 29 heavy (non-hydrogen) atoms. The average molecular weight is 394 g/mol. The van der Waals surface area contributed by atoms with Crippen LogP contribution in [0.4, 0.5) is 5.69 Å². The Balaban J connectivity index is 1.45. The van der Waals surface area contributed by atoms with Crippen molar-refractivity contribution in [1.29, 1.82) is 0 Å². The third-order valence-corrected chi connectivity index (χ3v) is 5.39. The van der Waals surface area contributed by atoms with Gasteiger partial charge in [-0.15, -0.1) is 0 Å². The Labute approximate surface area is 170 Å². The number of rotatable bonds is 7. The van der Waals surface area contributed by atoms with Crippen LogP contribution in [0.1, 0.15) is 24.1 Å². The number of amides is 1. The Morgan fingerprint density at radius 3 is 2.59 bits per heavy atom. The van der Waals surface area contributed by atoms with Crippen molar-refractivity contribution in [3.05, 3.63) is 76.1 Å². The molecule has 7 nitrogen and oxygen atoms in total. The molecule has 0 spiro atoms. The van der Waals surface area contributed by atoms with E-state index >= 15 is 0 Å². The maximum Gasteiger partial charge on any atom is 0.269 e. The fraction of sp³-hybridized carbons (Fsp3) is 0.364. The molecule has 0 saturated carbocycles. The summed E-state index contributed by atoms with van der Waals surface area (Å²) < 4.78 is 0. The molecule has 1 aliphatic rings. The van der Waals surface area contributed by atoms with E-state index in [1.165, 1.54) is 18.2 Å². The lowest BCUT2D eigenvalue weighted by Crippen LogP contribution is -2.45. The number of hydrogen-bond donors (Lipinski definition) is 0. The summed E-state index contributed by atoms with van der Waals surface area (Å²) in [5.74, 6) is -0.0460. The maximum absolute atomic E-state index is 12.5. The van der Waals surface area contributed by atoms with Crippen molar-refractivity contribution in [2.75, 3.05) is 26.7 Å². The molecule has 1 fully saturated rings. The van der Waals surface area contributed by atoms with Gasteiger partial charge in [0.15, 0.2) is 0 Å². The summed E-state index contributed by atoms with van der Waals surface area (Å²) >= 11 is 0. The van der Waals surface area contributed by atoms with Crippen LogP contribution in [0.15, 0.2) is 54.7 Å². The third-order valence-electron chi connectivity index (χ3n) is 5.39. The Bertz CT molecular complexity index is 844. The molecule has 1 aliphatic heterocycles. The molecule has 152 valence electrons. The average Bonchev–Trinajstić information content (AvgIpc) is 2.77. The zero-order valence-corrected chi connectivity index (χ0v) is 16.6. The van der Waals surface area contributed by atoms with Gasteiger partial charge in [-0.25, -0.2) is 0 Å². The van der Waals surface area contributed by atoms with Crippen LogP contribution in [0.2, 0.25) is 0 Å². The van der Waals surface area contributed by atoms with Gasteiger partial charge in [-0.2, -0.15) is 0 Å². The first-order chi connectivity index (χ1) is 14.0. The van der Waals surface area contributed by atoms with Gasteiger partial charge in [0.2, 0.25) is 5.91 Å². The molecule has 0 unspecified atom stereocenters. The molecule has 2 heterocycles. The number of nitro benzene ring substituents is 1. The predicted molar refractivity (Wildman–Crippen MR) is 112 cm³/mol. The molecular formula is C22H26N4O3. The lowest BCUT2D eigenvalue weighted by molar-refractivity contribution is -0.384. The van der Waals surface area contributed by atoms with Gasteiger partial charge in [0.1, 0.15) is 0 Å². The van der Waals surface area contributed by atoms with E-state index in [2.05, 4.69) is 16.0 Å². The molecule has 0 radical (unpaired) electrons. The lowest BCUT2D eigenvalue weighted by Gasteiger charge is -2.36. The fourth-order valence-corrected chi connectivity index (χ4v) is 3.52. The third kappa shape index (κ3) is 5.96. The van der Waals surface area contributed by atoms with E-state index in [4.69, 9.17) is 0 Å². The fourth-order valence-electron chi connectivity index (χ4n) is 3.52. The van der Waals surface area contributed by atoms with E-state index in [9.17, 15) is 14.9 Å². The van der Waals surface area contributed by atoms with Crippen molar-refractivity contribution in [3.8, 4) is 0 Å². The van der Waals surface area contributed by atoms with Crippen LogP contribution in [-0.2, 0) is 11.2 Å².